The van der Waals surface area contributed by atoms with Crippen LogP contribution in [0.2, 0.25) is 0 Å². The fraction of sp³-hybridized carbons (Fsp3) is 0.571. The van der Waals surface area contributed by atoms with E-state index in [0.29, 0.717) is 31.5 Å². The van der Waals surface area contributed by atoms with Crippen LogP contribution in [0.15, 0.2) is 24.7 Å². The van der Waals surface area contributed by atoms with Crippen molar-refractivity contribution in [3.8, 4) is 0 Å². The van der Waals surface area contributed by atoms with Crippen molar-refractivity contribution in [2.24, 2.45) is 5.92 Å². The Morgan fingerprint density at radius 3 is 2.50 bits per heavy atom. The molecule has 5 rings (SSSR count). The number of nitrogens with zero attached hydrogens (tertiary/aromatic N) is 6. The number of fused-ring (bicyclic) bond motifs is 1. The van der Waals surface area contributed by atoms with E-state index >= 15 is 0 Å². The van der Waals surface area contributed by atoms with Gasteiger partial charge in [-0.3, -0.25) is 9.48 Å². The Morgan fingerprint density at radius 2 is 1.84 bits per heavy atom. The lowest BCUT2D eigenvalue weighted by atomic mass is 9.87. The molecule has 238 valence electrons. The van der Waals surface area contributed by atoms with Crippen molar-refractivity contribution in [1.82, 2.24) is 29.7 Å². The number of hydrogen-bond donors (Lipinski definition) is 2. The molecule has 0 spiro atoms. The molecule has 2 N–H and O–H groups in total. The second kappa shape index (κ2) is 12.0. The van der Waals surface area contributed by atoms with Crippen LogP contribution >= 0.6 is 0 Å². The molecule has 2 aliphatic rings. The molecule has 12 nitrogen and oxygen atoms in total. The van der Waals surface area contributed by atoms with Crippen molar-refractivity contribution in [1.29, 1.82) is 0 Å². The number of anilines is 2. The van der Waals surface area contributed by atoms with E-state index in [4.69, 9.17) is 4.74 Å². The lowest BCUT2D eigenvalue weighted by Gasteiger charge is -2.36. The van der Waals surface area contributed by atoms with Gasteiger partial charge in [-0.05, 0) is 52.5 Å². The number of alkyl halides is 4. The van der Waals surface area contributed by atoms with Crippen LogP contribution < -0.4 is 15.5 Å². The first-order chi connectivity index (χ1) is 20.7. The summed E-state index contributed by atoms with van der Waals surface area (Å²) >= 11 is 0. The van der Waals surface area contributed by atoms with Crippen LogP contribution in [-0.2, 0) is 15.7 Å². The zero-order valence-corrected chi connectivity index (χ0v) is 24.5. The van der Waals surface area contributed by atoms with Crippen LogP contribution in [0.25, 0.3) is 5.65 Å². The predicted octanol–water partition coefficient (Wildman–Crippen LogP) is 4.57. The van der Waals surface area contributed by atoms with Gasteiger partial charge in [0.1, 0.15) is 29.4 Å². The topological polar surface area (TPSA) is 136 Å². The second-order valence-electron chi connectivity index (χ2n) is 12.2. The van der Waals surface area contributed by atoms with E-state index in [1.54, 1.807) is 31.7 Å². The first-order valence-electron chi connectivity index (χ1n) is 14.4. The zero-order chi connectivity index (χ0) is 31.8. The van der Waals surface area contributed by atoms with Gasteiger partial charge >= 0.3 is 12.3 Å². The van der Waals surface area contributed by atoms with Crippen molar-refractivity contribution in [3.05, 3.63) is 35.9 Å². The number of alkyl carbamates (subject to hydrolysis) is 1. The number of rotatable bonds is 6. The van der Waals surface area contributed by atoms with Crippen molar-refractivity contribution >= 4 is 35.4 Å². The van der Waals surface area contributed by atoms with Gasteiger partial charge in [0.25, 0.3) is 5.91 Å². The number of ether oxygens (including phenoxy) is 1. The van der Waals surface area contributed by atoms with Crippen LogP contribution in [0, 0.1) is 5.92 Å². The lowest BCUT2D eigenvalue weighted by Crippen LogP contribution is -2.52. The minimum absolute atomic E-state index is 0.0196. The van der Waals surface area contributed by atoms with Crippen LogP contribution in [0.3, 0.4) is 0 Å². The zero-order valence-electron chi connectivity index (χ0n) is 24.5. The monoisotopic (exact) mass is 622 g/mol. The number of nitrogens with one attached hydrogen (secondary N) is 2. The third-order valence-electron chi connectivity index (χ3n) is 7.60. The third-order valence-corrected chi connectivity index (χ3v) is 7.60. The average Bonchev–Trinajstić information content (AvgIpc) is 3.56. The summed E-state index contributed by atoms with van der Waals surface area (Å²) in [5.41, 5.74) is -2.53. The van der Waals surface area contributed by atoms with E-state index in [9.17, 15) is 31.9 Å². The van der Waals surface area contributed by atoms with E-state index in [1.165, 1.54) is 21.6 Å². The molecular weight excluding hydrogens is 588 g/mol. The van der Waals surface area contributed by atoms with Gasteiger partial charge in [0.05, 0.1) is 30.5 Å². The number of hydrogen-bond acceptors (Lipinski definition) is 8. The molecule has 2 fully saturated rings. The fourth-order valence-electron chi connectivity index (χ4n) is 5.57. The van der Waals surface area contributed by atoms with Gasteiger partial charge in [-0.2, -0.15) is 23.4 Å². The molecule has 3 aromatic heterocycles. The van der Waals surface area contributed by atoms with E-state index in [2.05, 4.69) is 25.8 Å². The van der Waals surface area contributed by atoms with Crippen molar-refractivity contribution < 1.29 is 36.7 Å². The minimum atomic E-state index is -4.83. The molecule has 4 heterocycles. The Kier molecular flexibility index (Phi) is 8.53. The summed E-state index contributed by atoms with van der Waals surface area (Å²) in [4.78, 5) is 42.7. The highest BCUT2D eigenvalue weighted by atomic mass is 19.4. The Morgan fingerprint density at radius 1 is 1.11 bits per heavy atom. The SMILES string of the molecule is CC(C)(C)OC(=O)N[C@@H]1C[C@@H](F)CN(c2ccn3ncc(C(=O)Nc4cn(C5CCC(C=O)CC5)nc4C(F)(F)F)c3n2)C1. The largest absolute Gasteiger partial charge is 0.444 e. The highest BCUT2D eigenvalue weighted by molar-refractivity contribution is 6.08. The maximum Gasteiger partial charge on any atom is 0.437 e. The highest BCUT2D eigenvalue weighted by Gasteiger charge is 2.39. The maximum atomic E-state index is 14.7. The number of aromatic nitrogens is 5. The van der Waals surface area contributed by atoms with Gasteiger partial charge < -0.3 is 25.1 Å². The van der Waals surface area contributed by atoms with Crippen LogP contribution in [0.5, 0.6) is 0 Å². The molecule has 1 saturated carbocycles. The molecule has 2 amide bonds. The highest BCUT2D eigenvalue weighted by Crippen LogP contribution is 2.37. The van der Waals surface area contributed by atoms with E-state index in [0.717, 1.165) is 12.5 Å². The van der Waals surface area contributed by atoms with Gasteiger partial charge in [0.2, 0.25) is 0 Å². The molecule has 44 heavy (non-hydrogen) atoms. The molecule has 2 atom stereocenters. The number of carbonyl (C=O) groups is 3. The number of aldehydes is 1. The number of halogens is 4. The summed E-state index contributed by atoms with van der Waals surface area (Å²) in [6.07, 6.45) is 0.0473. The smallest absolute Gasteiger partial charge is 0.437 e. The molecule has 1 aliphatic carbocycles. The van der Waals surface area contributed by atoms with Crippen LogP contribution in [-0.4, -0.2) is 73.6 Å². The van der Waals surface area contributed by atoms with Gasteiger partial charge in [-0.25, -0.2) is 18.7 Å². The van der Waals surface area contributed by atoms with Crippen LogP contribution in [0.1, 0.15) is 75.0 Å². The average molecular weight is 623 g/mol. The number of carbonyl (C=O) groups excluding carboxylic acids is 3. The number of piperidine rings is 1. The lowest BCUT2D eigenvalue weighted by molar-refractivity contribution is -0.141. The summed E-state index contributed by atoms with van der Waals surface area (Å²) < 4.78 is 64.2. The Hall–Kier alpha value is -4.24. The van der Waals surface area contributed by atoms with E-state index in [1.807, 2.05) is 0 Å². The van der Waals surface area contributed by atoms with E-state index in [-0.39, 0.29) is 42.7 Å². The first kappa shape index (κ1) is 31.2. The molecule has 0 bridgehead atoms. The minimum Gasteiger partial charge on any atom is -0.444 e. The van der Waals surface area contributed by atoms with Crippen LogP contribution in [0.4, 0.5) is 33.9 Å². The molecule has 0 radical (unpaired) electrons. The number of amides is 2. The van der Waals surface area contributed by atoms with E-state index < -0.39 is 47.4 Å². The normalized spacial score (nSPS) is 22.9. The quantitative estimate of drug-likeness (QED) is 0.302. The molecule has 16 heteroatoms. The third kappa shape index (κ3) is 7.10. The van der Waals surface area contributed by atoms with Crippen molar-refractivity contribution in [2.75, 3.05) is 23.3 Å². The summed E-state index contributed by atoms with van der Waals surface area (Å²) in [7, 11) is 0. The van der Waals surface area contributed by atoms with Gasteiger partial charge in [-0.15, -0.1) is 0 Å². The second-order valence-corrected chi connectivity index (χ2v) is 12.2. The van der Waals surface area contributed by atoms with Gasteiger partial charge in [0.15, 0.2) is 11.3 Å². The molecular formula is C28H34F4N8O4. The van der Waals surface area contributed by atoms with Crippen molar-refractivity contribution in [2.45, 2.75) is 82.9 Å². The Balaban J connectivity index is 1.35. The van der Waals surface area contributed by atoms with Gasteiger partial charge in [-0.1, -0.05) is 0 Å². The fourth-order valence-corrected chi connectivity index (χ4v) is 5.57. The Bertz CT molecular complexity index is 1520. The molecule has 1 saturated heterocycles. The predicted molar refractivity (Wildman–Crippen MR) is 150 cm³/mol. The summed E-state index contributed by atoms with van der Waals surface area (Å²) in [6.45, 7) is 5.34. The van der Waals surface area contributed by atoms with Gasteiger partial charge in [0, 0.05) is 31.3 Å². The summed E-state index contributed by atoms with van der Waals surface area (Å²) in [5, 5.41) is 12.8. The molecule has 0 aromatic carbocycles. The maximum absolute atomic E-state index is 14.7. The standard InChI is InChI=1S/C28H34F4N8O4/c1-27(2,3)44-26(43)34-18-10-17(29)12-38(13-18)22-8-9-39-24(36-22)20(11-33-39)25(42)35-21-14-40(37-23(21)28(30,31)32)19-6-4-16(15-41)5-7-19/h8-9,11,14-19H,4-7,10,12-13H2,1-3H3,(H,34,43)(H,35,42)/t16?,17-,18-,19?/m1/s1. The molecule has 1 aliphatic heterocycles. The molecule has 3 aromatic rings. The van der Waals surface area contributed by atoms with Crippen molar-refractivity contribution in [3.63, 3.8) is 0 Å². The summed E-state index contributed by atoms with van der Waals surface area (Å²) in [5.74, 6) is -0.713. The molecule has 0 unspecified atom stereocenters. The summed E-state index contributed by atoms with van der Waals surface area (Å²) in [6, 6.07) is 0.650. The Labute approximate surface area is 250 Å². The first-order valence-corrected chi connectivity index (χ1v) is 14.4.